The number of aliphatic hydroxyl groups excluding tert-OH is 1. The second kappa shape index (κ2) is 6.01. The number of esters is 1. The molecule has 2 rings (SSSR count). The summed E-state index contributed by atoms with van der Waals surface area (Å²) in [7, 11) is 1.42. The molecule has 0 radical (unpaired) electrons. The van der Waals surface area contributed by atoms with Gasteiger partial charge in [0.2, 0.25) is 0 Å². The van der Waals surface area contributed by atoms with Crippen LogP contribution in [0.3, 0.4) is 0 Å². The SMILES string of the molecule is COC(=O)c1ccccc1C1CCC(CO)CC1. The highest BCUT2D eigenvalue weighted by Crippen LogP contribution is 2.37. The van der Waals surface area contributed by atoms with Crippen molar-refractivity contribution in [2.24, 2.45) is 5.92 Å². The number of hydrogen-bond donors (Lipinski definition) is 1. The molecule has 0 amide bonds. The number of rotatable bonds is 3. The third-order valence-corrected chi connectivity index (χ3v) is 3.91. The summed E-state index contributed by atoms with van der Waals surface area (Å²) < 4.78 is 4.83. The largest absolute Gasteiger partial charge is 0.465 e. The van der Waals surface area contributed by atoms with Crippen LogP contribution in [0.5, 0.6) is 0 Å². The Hall–Kier alpha value is -1.35. The molecular formula is C15H20O3. The fraction of sp³-hybridized carbons (Fsp3) is 0.533. The lowest BCUT2D eigenvalue weighted by Crippen LogP contribution is -2.18. The Morgan fingerprint density at radius 1 is 1.28 bits per heavy atom. The minimum Gasteiger partial charge on any atom is -0.465 e. The molecular weight excluding hydrogens is 228 g/mol. The summed E-state index contributed by atoms with van der Waals surface area (Å²) in [5.41, 5.74) is 1.79. The van der Waals surface area contributed by atoms with E-state index < -0.39 is 0 Å². The highest BCUT2D eigenvalue weighted by molar-refractivity contribution is 5.91. The lowest BCUT2D eigenvalue weighted by atomic mass is 9.78. The van der Waals surface area contributed by atoms with Crippen molar-refractivity contribution in [2.45, 2.75) is 31.6 Å². The number of benzene rings is 1. The van der Waals surface area contributed by atoms with Crippen molar-refractivity contribution < 1.29 is 14.6 Å². The Morgan fingerprint density at radius 2 is 1.94 bits per heavy atom. The van der Waals surface area contributed by atoms with Gasteiger partial charge in [0.15, 0.2) is 0 Å². The van der Waals surface area contributed by atoms with Crippen LogP contribution in [0.2, 0.25) is 0 Å². The van der Waals surface area contributed by atoms with Crippen LogP contribution in [0.1, 0.15) is 47.5 Å². The Balaban J connectivity index is 2.16. The van der Waals surface area contributed by atoms with Gasteiger partial charge in [-0.3, -0.25) is 0 Å². The van der Waals surface area contributed by atoms with Gasteiger partial charge in [0.25, 0.3) is 0 Å². The molecule has 0 bridgehead atoms. The fourth-order valence-corrected chi connectivity index (χ4v) is 2.80. The first-order chi connectivity index (χ1) is 8.76. The number of ether oxygens (including phenoxy) is 1. The summed E-state index contributed by atoms with van der Waals surface area (Å²) >= 11 is 0. The summed E-state index contributed by atoms with van der Waals surface area (Å²) in [5.74, 6) is 0.601. The van der Waals surface area contributed by atoms with Crippen LogP contribution in [0, 0.1) is 5.92 Å². The average molecular weight is 248 g/mol. The number of carbonyl (C=O) groups is 1. The van der Waals surface area contributed by atoms with E-state index in [1.54, 1.807) is 0 Å². The standard InChI is InChI=1S/C15H20O3/c1-18-15(17)14-5-3-2-4-13(14)12-8-6-11(10-16)7-9-12/h2-5,11-12,16H,6-10H2,1H3. The Kier molecular flexibility index (Phi) is 4.37. The van der Waals surface area contributed by atoms with E-state index >= 15 is 0 Å². The van der Waals surface area contributed by atoms with E-state index in [1.165, 1.54) is 7.11 Å². The molecule has 0 spiro atoms. The quantitative estimate of drug-likeness (QED) is 0.837. The van der Waals surface area contributed by atoms with Crippen molar-refractivity contribution in [1.29, 1.82) is 0 Å². The zero-order valence-electron chi connectivity index (χ0n) is 10.8. The van der Waals surface area contributed by atoms with Gasteiger partial charge in [-0.05, 0) is 49.1 Å². The maximum Gasteiger partial charge on any atom is 0.338 e. The van der Waals surface area contributed by atoms with Crippen molar-refractivity contribution in [2.75, 3.05) is 13.7 Å². The van der Waals surface area contributed by atoms with Crippen LogP contribution >= 0.6 is 0 Å². The van der Waals surface area contributed by atoms with Gasteiger partial charge in [0.05, 0.1) is 12.7 Å². The van der Waals surface area contributed by atoms with E-state index in [0.717, 1.165) is 31.2 Å². The molecule has 0 saturated heterocycles. The normalized spacial score (nSPS) is 23.7. The van der Waals surface area contributed by atoms with Crippen LogP contribution in [0.25, 0.3) is 0 Å². The van der Waals surface area contributed by atoms with Crippen LogP contribution < -0.4 is 0 Å². The van der Waals surface area contributed by atoms with E-state index in [4.69, 9.17) is 9.84 Å². The lowest BCUT2D eigenvalue weighted by molar-refractivity contribution is 0.0598. The van der Waals surface area contributed by atoms with E-state index in [-0.39, 0.29) is 12.6 Å². The maximum absolute atomic E-state index is 11.7. The zero-order valence-corrected chi connectivity index (χ0v) is 10.8. The topological polar surface area (TPSA) is 46.5 Å². The Morgan fingerprint density at radius 3 is 2.56 bits per heavy atom. The molecule has 18 heavy (non-hydrogen) atoms. The van der Waals surface area contributed by atoms with Crippen LogP contribution in [-0.2, 0) is 4.74 Å². The van der Waals surface area contributed by atoms with Crippen LogP contribution in [0.15, 0.2) is 24.3 Å². The minimum atomic E-state index is -0.255. The molecule has 3 heteroatoms. The van der Waals surface area contributed by atoms with Crippen molar-refractivity contribution in [3.05, 3.63) is 35.4 Å². The molecule has 1 aliphatic carbocycles. The molecule has 3 nitrogen and oxygen atoms in total. The van der Waals surface area contributed by atoms with Crippen molar-refractivity contribution in [3.8, 4) is 0 Å². The molecule has 0 atom stereocenters. The summed E-state index contributed by atoms with van der Waals surface area (Å²) in [6.07, 6.45) is 4.16. The summed E-state index contributed by atoms with van der Waals surface area (Å²) in [5, 5.41) is 9.15. The van der Waals surface area contributed by atoms with Crippen molar-refractivity contribution >= 4 is 5.97 Å². The zero-order chi connectivity index (χ0) is 13.0. The number of carbonyl (C=O) groups excluding carboxylic acids is 1. The van der Waals surface area contributed by atoms with Gasteiger partial charge in [-0.1, -0.05) is 18.2 Å². The van der Waals surface area contributed by atoms with E-state index in [9.17, 15) is 4.79 Å². The molecule has 1 aromatic rings. The number of hydrogen-bond acceptors (Lipinski definition) is 3. The van der Waals surface area contributed by atoms with E-state index in [1.807, 2.05) is 24.3 Å². The van der Waals surface area contributed by atoms with Gasteiger partial charge >= 0.3 is 5.97 Å². The summed E-state index contributed by atoms with van der Waals surface area (Å²) in [6.45, 7) is 0.283. The monoisotopic (exact) mass is 248 g/mol. The third-order valence-electron chi connectivity index (χ3n) is 3.91. The molecule has 1 aliphatic rings. The van der Waals surface area contributed by atoms with Gasteiger partial charge < -0.3 is 9.84 Å². The maximum atomic E-state index is 11.7. The fourth-order valence-electron chi connectivity index (χ4n) is 2.80. The second-order valence-corrected chi connectivity index (χ2v) is 4.98. The molecule has 0 unspecified atom stereocenters. The molecule has 1 N–H and O–H groups in total. The first kappa shape index (κ1) is 13.1. The molecule has 98 valence electrons. The van der Waals surface area contributed by atoms with Gasteiger partial charge in [0.1, 0.15) is 0 Å². The molecule has 0 aromatic heterocycles. The van der Waals surface area contributed by atoms with Gasteiger partial charge in [-0.25, -0.2) is 4.79 Å². The molecule has 1 saturated carbocycles. The Bertz CT molecular complexity index is 406. The smallest absolute Gasteiger partial charge is 0.338 e. The number of aliphatic hydroxyl groups is 1. The predicted molar refractivity (Wildman–Crippen MR) is 69.6 cm³/mol. The van der Waals surface area contributed by atoms with Crippen molar-refractivity contribution in [3.63, 3.8) is 0 Å². The van der Waals surface area contributed by atoms with Gasteiger partial charge in [-0.15, -0.1) is 0 Å². The summed E-state index contributed by atoms with van der Waals surface area (Å²) in [6, 6.07) is 7.70. The third kappa shape index (κ3) is 2.72. The highest BCUT2D eigenvalue weighted by Gasteiger charge is 2.25. The minimum absolute atomic E-state index is 0.255. The molecule has 1 fully saturated rings. The molecule has 1 aromatic carbocycles. The highest BCUT2D eigenvalue weighted by atomic mass is 16.5. The number of methoxy groups -OCH3 is 1. The van der Waals surface area contributed by atoms with Crippen LogP contribution in [0.4, 0.5) is 0 Å². The second-order valence-electron chi connectivity index (χ2n) is 4.98. The van der Waals surface area contributed by atoms with Gasteiger partial charge in [0, 0.05) is 6.61 Å². The molecule has 0 aliphatic heterocycles. The average Bonchev–Trinajstić information content (AvgIpc) is 2.46. The first-order valence-electron chi connectivity index (χ1n) is 6.54. The van der Waals surface area contributed by atoms with Crippen LogP contribution in [-0.4, -0.2) is 24.8 Å². The predicted octanol–water partition coefficient (Wildman–Crippen LogP) is 2.74. The van der Waals surface area contributed by atoms with Crippen molar-refractivity contribution in [1.82, 2.24) is 0 Å². The van der Waals surface area contributed by atoms with Gasteiger partial charge in [-0.2, -0.15) is 0 Å². The Labute approximate surface area is 108 Å². The van der Waals surface area contributed by atoms with E-state index in [0.29, 0.717) is 17.4 Å². The summed E-state index contributed by atoms with van der Waals surface area (Å²) in [4.78, 5) is 11.7. The van der Waals surface area contributed by atoms with E-state index in [2.05, 4.69) is 0 Å². The first-order valence-corrected chi connectivity index (χ1v) is 6.54. The lowest BCUT2D eigenvalue weighted by Gasteiger charge is -2.28. The molecule has 0 heterocycles.